The lowest BCUT2D eigenvalue weighted by Gasteiger charge is -2.26. The van der Waals surface area contributed by atoms with Gasteiger partial charge in [0.25, 0.3) is 11.7 Å². The summed E-state index contributed by atoms with van der Waals surface area (Å²) in [6, 6.07) is 19.3. The SMILES string of the molecule is COc1ccc(CCN2C(=O)C(=O)/C(=C(/O)c3ccccc3OC)C2c2cccc(C)c2)cc1OC. The number of aliphatic hydroxyl groups is 1. The molecule has 0 aliphatic carbocycles. The number of carbonyl (C=O) groups excluding carboxylic acids is 2. The summed E-state index contributed by atoms with van der Waals surface area (Å²) in [5.74, 6) is -0.0298. The van der Waals surface area contributed by atoms with E-state index in [0.29, 0.717) is 29.2 Å². The van der Waals surface area contributed by atoms with E-state index in [1.54, 1.807) is 38.5 Å². The van der Waals surface area contributed by atoms with Crippen LogP contribution in [0.25, 0.3) is 5.76 Å². The number of benzene rings is 3. The molecule has 0 aromatic heterocycles. The van der Waals surface area contributed by atoms with Gasteiger partial charge in [0.1, 0.15) is 11.5 Å². The van der Waals surface area contributed by atoms with Crippen LogP contribution in [0.5, 0.6) is 17.2 Å². The van der Waals surface area contributed by atoms with Gasteiger partial charge in [-0.25, -0.2) is 0 Å². The zero-order chi connectivity index (χ0) is 25.8. The molecule has 0 spiro atoms. The Balaban J connectivity index is 1.77. The molecular formula is C29H29NO6. The van der Waals surface area contributed by atoms with Crippen LogP contribution < -0.4 is 14.2 Å². The minimum absolute atomic E-state index is 0.0439. The molecule has 1 atom stereocenters. The summed E-state index contributed by atoms with van der Waals surface area (Å²) < 4.78 is 16.1. The standard InChI is InChI=1S/C29H29NO6/c1-18-8-7-9-20(16-18)26-25(27(31)21-10-5-6-11-22(21)34-2)28(32)29(33)30(26)15-14-19-12-13-23(35-3)24(17-19)36-4/h5-13,16-17,26,31H,14-15H2,1-4H3/b27-25+. The summed E-state index contributed by atoms with van der Waals surface area (Å²) in [7, 11) is 4.63. The van der Waals surface area contributed by atoms with Crippen molar-refractivity contribution >= 4 is 17.4 Å². The number of hydrogen-bond donors (Lipinski definition) is 1. The van der Waals surface area contributed by atoms with E-state index in [2.05, 4.69) is 0 Å². The Hall–Kier alpha value is -4.26. The first-order chi connectivity index (χ1) is 17.4. The predicted octanol–water partition coefficient (Wildman–Crippen LogP) is 4.69. The lowest BCUT2D eigenvalue weighted by Crippen LogP contribution is -2.31. The molecule has 3 aromatic rings. The number of methoxy groups -OCH3 is 3. The molecule has 1 unspecified atom stereocenters. The van der Waals surface area contributed by atoms with Crippen molar-refractivity contribution < 1.29 is 28.9 Å². The highest BCUT2D eigenvalue weighted by Crippen LogP contribution is 2.41. The second-order valence-electron chi connectivity index (χ2n) is 8.55. The molecule has 1 fully saturated rings. The van der Waals surface area contributed by atoms with Gasteiger partial charge in [-0.15, -0.1) is 0 Å². The van der Waals surface area contributed by atoms with E-state index in [1.807, 2.05) is 49.4 Å². The number of nitrogens with zero attached hydrogens (tertiary/aromatic N) is 1. The van der Waals surface area contributed by atoms with Gasteiger partial charge in [-0.2, -0.15) is 0 Å². The van der Waals surface area contributed by atoms with Crippen LogP contribution in [-0.2, 0) is 16.0 Å². The Bertz CT molecular complexity index is 1330. The van der Waals surface area contributed by atoms with Crippen molar-refractivity contribution in [2.75, 3.05) is 27.9 Å². The number of para-hydroxylation sites is 1. The minimum atomic E-state index is -0.741. The zero-order valence-corrected chi connectivity index (χ0v) is 20.8. The third-order valence-corrected chi connectivity index (χ3v) is 6.35. The maximum atomic E-state index is 13.3. The highest BCUT2D eigenvalue weighted by atomic mass is 16.5. The molecule has 36 heavy (non-hydrogen) atoms. The molecule has 1 heterocycles. The van der Waals surface area contributed by atoms with Gasteiger partial charge in [-0.3, -0.25) is 9.59 Å². The summed E-state index contributed by atoms with van der Waals surface area (Å²) in [5, 5.41) is 11.3. The summed E-state index contributed by atoms with van der Waals surface area (Å²) in [6.07, 6.45) is 0.477. The van der Waals surface area contributed by atoms with Gasteiger partial charge in [0.05, 0.1) is 38.5 Å². The predicted molar refractivity (Wildman–Crippen MR) is 136 cm³/mol. The number of aryl methyl sites for hydroxylation is 1. The lowest BCUT2D eigenvalue weighted by atomic mass is 9.94. The number of ether oxygens (including phenoxy) is 3. The van der Waals surface area contributed by atoms with E-state index >= 15 is 0 Å². The number of ketones is 1. The second-order valence-corrected chi connectivity index (χ2v) is 8.55. The van der Waals surface area contributed by atoms with Crippen molar-refractivity contribution in [2.45, 2.75) is 19.4 Å². The van der Waals surface area contributed by atoms with Crippen molar-refractivity contribution in [3.05, 3.63) is 94.6 Å². The molecule has 7 nitrogen and oxygen atoms in total. The van der Waals surface area contributed by atoms with Crippen LogP contribution in [-0.4, -0.2) is 49.6 Å². The van der Waals surface area contributed by atoms with Crippen LogP contribution in [0.1, 0.15) is 28.3 Å². The van der Waals surface area contributed by atoms with E-state index in [1.165, 1.54) is 12.0 Å². The van der Waals surface area contributed by atoms with Gasteiger partial charge in [0.2, 0.25) is 0 Å². The smallest absolute Gasteiger partial charge is 0.295 e. The van der Waals surface area contributed by atoms with Crippen LogP contribution in [0.3, 0.4) is 0 Å². The number of amides is 1. The first kappa shape index (κ1) is 24.9. The van der Waals surface area contributed by atoms with Crippen molar-refractivity contribution in [3.63, 3.8) is 0 Å². The van der Waals surface area contributed by atoms with Crippen molar-refractivity contribution in [3.8, 4) is 17.2 Å². The monoisotopic (exact) mass is 487 g/mol. The first-order valence-electron chi connectivity index (χ1n) is 11.6. The number of hydrogen-bond acceptors (Lipinski definition) is 6. The van der Waals surface area contributed by atoms with Crippen LogP contribution in [0.2, 0.25) is 0 Å². The number of Topliss-reactive ketones (excluding diaryl/α,β-unsaturated/α-hetero) is 1. The van der Waals surface area contributed by atoms with Crippen molar-refractivity contribution in [1.82, 2.24) is 4.90 Å². The summed E-state index contributed by atoms with van der Waals surface area (Å²) >= 11 is 0. The van der Waals surface area contributed by atoms with Crippen LogP contribution >= 0.6 is 0 Å². The Morgan fingerprint density at radius 1 is 0.861 bits per heavy atom. The first-order valence-corrected chi connectivity index (χ1v) is 11.6. The van der Waals surface area contributed by atoms with Crippen molar-refractivity contribution in [2.24, 2.45) is 0 Å². The van der Waals surface area contributed by atoms with E-state index < -0.39 is 17.7 Å². The molecule has 4 rings (SSSR count). The van der Waals surface area contributed by atoms with Crippen molar-refractivity contribution in [1.29, 1.82) is 0 Å². The lowest BCUT2D eigenvalue weighted by molar-refractivity contribution is -0.139. The maximum absolute atomic E-state index is 13.3. The normalized spacial score (nSPS) is 16.8. The van der Waals surface area contributed by atoms with Gasteiger partial charge in [-0.1, -0.05) is 48.0 Å². The molecule has 1 N–H and O–H groups in total. The molecule has 186 valence electrons. The molecule has 0 saturated carbocycles. The molecule has 3 aromatic carbocycles. The molecular weight excluding hydrogens is 458 g/mol. The fourth-order valence-electron chi connectivity index (χ4n) is 4.57. The molecule has 0 bridgehead atoms. The molecule has 0 radical (unpaired) electrons. The molecule has 7 heteroatoms. The Labute approximate surface area is 210 Å². The van der Waals surface area contributed by atoms with E-state index in [-0.39, 0.29) is 17.9 Å². The molecule has 1 aliphatic heterocycles. The number of aliphatic hydroxyl groups excluding tert-OH is 1. The zero-order valence-electron chi connectivity index (χ0n) is 20.8. The second kappa shape index (κ2) is 10.6. The highest BCUT2D eigenvalue weighted by molar-refractivity contribution is 6.46. The third-order valence-electron chi connectivity index (χ3n) is 6.35. The summed E-state index contributed by atoms with van der Waals surface area (Å²) in [4.78, 5) is 28.1. The fraction of sp³-hybridized carbons (Fsp3) is 0.241. The van der Waals surface area contributed by atoms with E-state index in [4.69, 9.17) is 14.2 Å². The molecule has 1 saturated heterocycles. The third kappa shape index (κ3) is 4.64. The van der Waals surface area contributed by atoms with E-state index in [0.717, 1.165) is 16.7 Å². The molecule has 1 amide bonds. The van der Waals surface area contributed by atoms with Gasteiger partial charge in [0.15, 0.2) is 11.5 Å². The molecule has 1 aliphatic rings. The average molecular weight is 488 g/mol. The Morgan fingerprint density at radius 3 is 2.28 bits per heavy atom. The number of carbonyl (C=O) groups is 2. The quantitative estimate of drug-likeness (QED) is 0.282. The van der Waals surface area contributed by atoms with Crippen LogP contribution in [0, 0.1) is 6.92 Å². The van der Waals surface area contributed by atoms with Gasteiger partial charge in [-0.05, 0) is 48.7 Å². The highest BCUT2D eigenvalue weighted by Gasteiger charge is 2.46. The fourth-order valence-corrected chi connectivity index (χ4v) is 4.57. The van der Waals surface area contributed by atoms with Gasteiger partial charge >= 0.3 is 0 Å². The van der Waals surface area contributed by atoms with Gasteiger partial charge in [0, 0.05) is 6.54 Å². The summed E-state index contributed by atoms with van der Waals surface area (Å²) in [5.41, 5.74) is 3.05. The van der Waals surface area contributed by atoms with Gasteiger partial charge < -0.3 is 24.2 Å². The largest absolute Gasteiger partial charge is 0.507 e. The number of likely N-dealkylation sites (tertiary alicyclic amines) is 1. The Kier molecular flexibility index (Phi) is 7.29. The number of rotatable bonds is 8. The average Bonchev–Trinajstić information content (AvgIpc) is 3.16. The topological polar surface area (TPSA) is 85.3 Å². The van der Waals surface area contributed by atoms with E-state index in [9.17, 15) is 14.7 Å². The Morgan fingerprint density at radius 2 is 1.58 bits per heavy atom. The maximum Gasteiger partial charge on any atom is 0.295 e. The minimum Gasteiger partial charge on any atom is -0.507 e. The summed E-state index contributed by atoms with van der Waals surface area (Å²) in [6.45, 7) is 2.21. The van der Waals surface area contributed by atoms with Crippen LogP contribution in [0.15, 0.2) is 72.3 Å². The van der Waals surface area contributed by atoms with Crippen LogP contribution in [0.4, 0.5) is 0 Å².